The number of carbonyl (C=O) groups is 3. The number of urea groups is 1. The maximum atomic E-state index is 11.4. The van der Waals surface area contributed by atoms with E-state index in [2.05, 4.69) is 16.0 Å². The van der Waals surface area contributed by atoms with Crippen LogP contribution in [0.4, 0.5) is 4.79 Å². The number of aliphatic carboxylic acids is 1. The van der Waals surface area contributed by atoms with E-state index in [-0.39, 0.29) is 12.5 Å². The van der Waals surface area contributed by atoms with Crippen molar-refractivity contribution in [3.05, 3.63) is 0 Å². The Balaban J connectivity index is 4.11. The van der Waals surface area contributed by atoms with Crippen LogP contribution in [0.25, 0.3) is 0 Å². The van der Waals surface area contributed by atoms with Crippen molar-refractivity contribution in [3.8, 4) is 0 Å². The van der Waals surface area contributed by atoms with E-state index in [4.69, 9.17) is 5.11 Å². The Hall–Kier alpha value is -1.83. The molecule has 0 aromatic heterocycles. The van der Waals surface area contributed by atoms with E-state index in [1.165, 1.54) is 13.8 Å². The van der Waals surface area contributed by atoms with Crippen LogP contribution in [0.1, 0.15) is 27.2 Å². The van der Waals surface area contributed by atoms with E-state index in [1.54, 1.807) is 6.92 Å². The molecule has 0 rings (SSSR count). The second kappa shape index (κ2) is 7.57. The van der Waals surface area contributed by atoms with Gasteiger partial charge in [-0.15, -0.1) is 0 Å². The topological polar surface area (TPSA) is 128 Å². The molecule has 19 heavy (non-hydrogen) atoms. The predicted molar refractivity (Wildman–Crippen MR) is 67.6 cm³/mol. The fourth-order valence-electron chi connectivity index (χ4n) is 1.30. The molecule has 8 heteroatoms. The second-order valence-electron chi connectivity index (χ2n) is 4.51. The van der Waals surface area contributed by atoms with Gasteiger partial charge in [0.2, 0.25) is 5.91 Å². The third-order valence-electron chi connectivity index (χ3n) is 2.25. The number of hydrogen-bond donors (Lipinski definition) is 5. The maximum absolute atomic E-state index is 11.4. The number of carboxylic acids is 1. The number of aliphatic hydroxyl groups is 1. The molecule has 0 spiro atoms. The lowest BCUT2D eigenvalue weighted by Gasteiger charge is -2.22. The van der Waals surface area contributed by atoms with Gasteiger partial charge in [-0.05, 0) is 20.8 Å². The molecule has 5 N–H and O–H groups in total. The molecule has 110 valence electrons. The number of carbonyl (C=O) groups excluding carboxylic acids is 2. The van der Waals surface area contributed by atoms with Gasteiger partial charge in [-0.25, -0.2) is 4.79 Å². The molecule has 2 atom stereocenters. The number of rotatable bonds is 7. The van der Waals surface area contributed by atoms with Gasteiger partial charge < -0.3 is 26.2 Å². The van der Waals surface area contributed by atoms with E-state index in [1.807, 2.05) is 0 Å². The summed E-state index contributed by atoms with van der Waals surface area (Å²) in [6.07, 6.45) is -0.487. The maximum Gasteiger partial charge on any atom is 0.315 e. The number of carboxylic acid groups (broad SMARTS) is 1. The Morgan fingerprint density at radius 2 is 1.84 bits per heavy atom. The van der Waals surface area contributed by atoms with Crippen molar-refractivity contribution in [1.29, 1.82) is 0 Å². The quantitative estimate of drug-likeness (QED) is 0.408. The summed E-state index contributed by atoms with van der Waals surface area (Å²) in [5.41, 5.74) is -1.54. The van der Waals surface area contributed by atoms with Crippen molar-refractivity contribution >= 4 is 17.9 Å². The average molecular weight is 275 g/mol. The molecule has 0 bridgehead atoms. The first-order valence-corrected chi connectivity index (χ1v) is 5.94. The van der Waals surface area contributed by atoms with Gasteiger partial charge in [0.1, 0.15) is 6.04 Å². The number of amides is 3. The molecule has 3 amide bonds. The molecule has 0 saturated carbocycles. The molecule has 0 aliphatic carbocycles. The molecule has 0 aromatic rings. The fourth-order valence-corrected chi connectivity index (χ4v) is 1.30. The van der Waals surface area contributed by atoms with Crippen molar-refractivity contribution in [2.75, 3.05) is 13.1 Å². The summed E-state index contributed by atoms with van der Waals surface area (Å²) in [5.74, 6) is -1.49. The van der Waals surface area contributed by atoms with Crippen molar-refractivity contribution in [2.45, 2.75) is 38.8 Å². The zero-order chi connectivity index (χ0) is 15.1. The van der Waals surface area contributed by atoms with Crippen LogP contribution in [0.3, 0.4) is 0 Å². The molecule has 2 unspecified atom stereocenters. The van der Waals surface area contributed by atoms with E-state index in [0.717, 1.165) is 0 Å². The van der Waals surface area contributed by atoms with Crippen molar-refractivity contribution in [3.63, 3.8) is 0 Å². The van der Waals surface area contributed by atoms with Gasteiger partial charge >= 0.3 is 12.0 Å². The summed E-state index contributed by atoms with van der Waals surface area (Å²) in [5, 5.41) is 25.4. The third-order valence-corrected chi connectivity index (χ3v) is 2.25. The van der Waals surface area contributed by atoms with Gasteiger partial charge in [0.05, 0.1) is 12.0 Å². The Labute approximate surface area is 111 Å². The minimum Gasteiger partial charge on any atom is -0.481 e. The summed E-state index contributed by atoms with van der Waals surface area (Å²) < 4.78 is 0. The summed E-state index contributed by atoms with van der Waals surface area (Å²) in [6, 6.07) is -1.37. The summed E-state index contributed by atoms with van der Waals surface area (Å²) in [4.78, 5) is 33.2. The fraction of sp³-hybridized carbons (Fsp3) is 0.727. The third kappa shape index (κ3) is 7.98. The highest BCUT2D eigenvalue weighted by atomic mass is 16.4. The van der Waals surface area contributed by atoms with Crippen LogP contribution in [-0.4, -0.2) is 52.9 Å². The highest BCUT2D eigenvalue weighted by Crippen LogP contribution is 2.07. The predicted octanol–water partition coefficient (Wildman–Crippen LogP) is -0.964. The highest BCUT2D eigenvalue weighted by molar-refractivity contribution is 5.86. The summed E-state index contributed by atoms with van der Waals surface area (Å²) in [7, 11) is 0. The van der Waals surface area contributed by atoms with Crippen LogP contribution < -0.4 is 16.0 Å². The lowest BCUT2D eigenvalue weighted by atomic mass is 10.0. The molecule has 0 radical (unpaired) electrons. The molecule has 8 nitrogen and oxygen atoms in total. The molecule has 0 aliphatic heterocycles. The first kappa shape index (κ1) is 17.2. The Morgan fingerprint density at radius 1 is 1.26 bits per heavy atom. The smallest absolute Gasteiger partial charge is 0.315 e. The normalized spacial score (nSPS) is 14.9. The Morgan fingerprint density at radius 3 is 2.32 bits per heavy atom. The lowest BCUT2D eigenvalue weighted by Crippen LogP contribution is -2.51. The van der Waals surface area contributed by atoms with Crippen molar-refractivity contribution < 1.29 is 24.6 Å². The molecule has 0 fully saturated rings. The van der Waals surface area contributed by atoms with E-state index < -0.39 is 30.1 Å². The lowest BCUT2D eigenvalue weighted by molar-refractivity contribution is -0.141. The molecular formula is C11H21N3O5. The zero-order valence-electron chi connectivity index (χ0n) is 11.3. The Bertz CT molecular complexity index is 343. The van der Waals surface area contributed by atoms with Crippen LogP contribution in [0.2, 0.25) is 0 Å². The van der Waals surface area contributed by atoms with Crippen LogP contribution >= 0.6 is 0 Å². The molecular weight excluding hydrogens is 254 g/mol. The van der Waals surface area contributed by atoms with E-state index >= 15 is 0 Å². The van der Waals surface area contributed by atoms with Crippen molar-refractivity contribution in [1.82, 2.24) is 16.0 Å². The van der Waals surface area contributed by atoms with Gasteiger partial charge in [-0.1, -0.05) is 0 Å². The Kier molecular flexibility index (Phi) is 6.84. The summed E-state index contributed by atoms with van der Waals surface area (Å²) >= 11 is 0. The summed E-state index contributed by atoms with van der Waals surface area (Å²) in [6.45, 7) is 4.80. The van der Waals surface area contributed by atoms with Crippen LogP contribution in [0, 0.1) is 0 Å². The van der Waals surface area contributed by atoms with Crippen LogP contribution in [0.5, 0.6) is 0 Å². The first-order chi connectivity index (χ1) is 8.68. The number of hydrogen-bond acceptors (Lipinski definition) is 4. The molecule has 0 heterocycles. The van der Waals surface area contributed by atoms with Gasteiger partial charge in [0, 0.05) is 13.1 Å². The first-order valence-electron chi connectivity index (χ1n) is 5.94. The second-order valence-corrected chi connectivity index (χ2v) is 4.51. The highest BCUT2D eigenvalue weighted by Gasteiger charge is 2.25. The zero-order valence-corrected chi connectivity index (χ0v) is 11.3. The minimum absolute atomic E-state index is 0.229. The van der Waals surface area contributed by atoms with Crippen LogP contribution in [0.15, 0.2) is 0 Å². The van der Waals surface area contributed by atoms with E-state index in [9.17, 15) is 19.5 Å². The molecule has 0 aliphatic rings. The average Bonchev–Trinajstić information content (AvgIpc) is 2.25. The SMILES string of the molecule is CCNC(=O)C(C)NC(=O)NCC(C)(O)CC(=O)O. The monoisotopic (exact) mass is 275 g/mol. The molecule has 0 saturated heterocycles. The number of likely N-dealkylation sites (N-methyl/N-ethyl adjacent to an activating group) is 1. The standard InChI is InChI=1S/C11H21N3O5/c1-4-12-9(17)7(2)14-10(18)13-6-11(3,19)5-8(15)16/h7,19H,4-6H2,1-3H3,(H,12,17)(H,15,16)(H2,13,14,18). The number of nitrogens with one attached hydrogen (secondary N) is 3. The van der Waals surface area contributed by atoms with Gasteiger partial charge in [-0.3, -0.25) is 9.59 Å². The van der Waals surface area contributed by atoms with Gasteiger partial charge in [0.25, 0.3) is 0 Å². The largest absolute Gasteiger partial charge is 0.481 e. The van der Waals surface area contributed by atoms with Gasteiger partial charge in [0.15, 0.2) is 0 Å². The minimum atomic E-state index is -1.54. The molecule has 0 aromatic carbocycles. The van der Waals surface area contributed by atoms with E-state index in [0.29, 0.717) is 6.54 Å². The van der Waals surface area contributed by atoms with Crippen LogP contribution in [-0.2, 0) is 9.59 Å². The van der Waals surface area contributed by atoms with Gasteiger partial charge in [-0.2, -0.15) is 0 Å². The van der Waals surface area contributed by atoms with Crippen molar-refractivity contribution in [2.24, 2.45) is 0 Å².